The predicted octanol–water partition coefficient (Wildman–Crippen LogP) is 7.39. The monoisotopic (exact) mass is 413 g/mol. The molecule has 3 rings (SSSR count). The molecule has 0 saturated heterocycles. The SMILES string of the molecule is NCCCCCCCCC(Cc1ccccc1)(Cc1ccccc1)Cc1ccccc1. The Bertz CT molecular complexity index is 725. The van der Waals surface area contributed by atoms with Gasteiger partial charge in [-0.25, -0.2) is 0 Å². The normalized spacial score (nSPS) is 11.5. The van der Waals surface area contributed by atoms with Gasteiger partial charge in [-0.1, -0.05) is 123 Å². The third-order valence-corrected chi connectivity index (χ3v) is 6.43. The average Bonchev–Trinajstić information content (AvgIpc) is 2.80. The second-order valence-electron chi connectivity index (χ2n) is 9.15. The molecule has 0 aliphatic carbocycles. The molecule has 164 valence electrons. The van der Waals surface area contributed by atoms with Crippen LogP contribution in [0.25, 0.3) is 0 Å². The van der Waals surface area contributed by atoms with Gasteiger partial charge >= 0.3 is 0 Å². The lowest BCUT2D eigenvalue weighted by molar-refractivity contribution is 0.243. The summed E-state index contributed by atoms with van der Waals surface area (Å²) < 4.78 is 0. The van der Waals surface area contributed by atoms with Crippen LogP contribution in [0.15, 0.2) is 91.0 Å². The molecule has 0 atom stereocenters. The lowest BCUT2D eigenvalue weighted by atomic mass is 9.69. The summed E-state index contributed by atoms with van der Waals surface area (Å²) in [6, 6.07) is 33.3. The van der Waals surface area contributed by atoms with Gasteiger partial charge in [-0.3, -0.25) is 0 Å². The highest BCUT2D eigenvalue weighted by molar-refractivity contribution is 5.24. The molecule has 0 radical (unpaired) electrons. The van der Waals surface area contributed by atoms with Crippen molar-refractivity contribution in [2.75, 3.05) is 6.54 Å². The molecule has 0 saturated carbocycles. The molecular weight excluding hydrogens is 374 g/mol. The fourth-order valence-electron chi connectivity index (χ4n) is 4.89. The zero-order valence-corrected chi connectivity index (χ0v) is 19.0. The summed E-state index contributed by atoms with van der Waals surface area (Å²) >= 11 is 0. The summed E-state index contributed by atoms with van der Waals surface area (Å²) in [6.07, 6.45) is 12.4. The van der Waals surface area contributed by atoms with Gasteiger partial charge in [-0.05, 0) is 60.8 Å². The van der Waals surface area contributed by atoms with E-state index in [9.17, 15) is 0 Å². The maximum Gasteiger partial charge on any atom is -0.00773 e. The highest BCUT2D eigenvalue weighted by atomic mass is 14.5. The largest absolute Gasteiger partial charge is 0.330 e. The van der Waals surface area contributed by atoms with Crippen molar-refractivity contribution in [1.82, 2.24) is 0 Å². The molecule has 2 N–H and O–H groups in total. The van der Waals surface area contributed by atoms with Gasteiger partial charge in [0.05, 0.1) is 0 Å². The lowest BCUT2D eigenvalue weighted by Crippen LogP contribution is -2.30. The van der Waals surface area contributed by atoms with Gasteiger partial charge in [0.25, 0.3) is 0 Å². The van der Waals surface area contributed by atoms with E-state index >= 15 is 0 Å². The van der Waals surface area contributed by atoms with E-state index in [0.29, 0.717) is 0 Å². The Morgan fingerprint density at radius 1 is 0.452 bits per heavy atom. The first-order valence-corrected chi connectivity index (χ1v) is 12.1. The third kappa shape index (κ3) is 8.34. The van der Waals surface area contributed by atoms with Crippen LogP contribution in [0.4, 0.5) is 0 Å². The van der Waals surface area contributed by atoms with Gasteiger partial charge < -0.3 is 5.73 Å². The zero-order valence-electron chi connectivity index (χ0n) is 19.0. The molecule has 1 nitrogen and oxygen atoms in total. The Morgan fingerprint density at radius 3 is 1.19 bits per heavy atom. The van der Waals surface area contributed by atoms with Crippen molar-refractivity contribution >= 4 is 0 Å². The van der Waals surface area contributed by atoms with Crippen LogP contribution < -0.4 is 5.73 Å². The van der Waals surface area contributed by atoms with Crippen molar-refractivity contribution in [2.45, 2.75) is 64.2 Å². The summed E-state index contributed by atoms with van der Waals surface area (Å²) in [7, 11) is 0. The van der Waals surface area contributed by atoms with Crippen molar-refractivity contribution in [3.63, 3.8) is 0 Å². The first kappa shape index (κ1) is 23.3. The van der Waals surface area contributed by atoms with Gasteiger partial charge in [0.2, 0.25) is 0 Å². The highest BCUT2D eigenvalue weighted by Crippen LogP contribution is 2.37. The molecule has 3 aromatic rings. The number of rotatable bonds is 14. The Morgan fingerprint density at radius 2 is 0.806 bits per heavy atom. The number of hydrogen-bond acceptors (Lipinski definition) is 1. The molecule has 1 heteroatoms. The van der Waals surface area contributed by atoms with E-state index in [1.54, 1.807) is 0 Å². The minimum Gasteiger partial charge on any atom is -0.330 e. The lowest BCUT2D eigenvalue weighted by Gasteiger charge is -2.35. The van der Waals surface area contributed by atoms with Crippen LogP contribution in [0.5, 0.6) is 0 Å². The van der Waals surface area contributed by atoms with Crippen LogP contribution in [0.2, 0.25) is 0 Å². The minimum absolute atomic E-state index is 0.237. The van der Waals surface area contributed by atoms with E-state index in [4.69, 9.17) is 5.73 Å². The summed E-state index contributed by atoms with van der Waals surface area (Å²) in [5.41, 5.74) is 10.3. The molecule has 0 fully saturated rings. The van der Waals surface area contributed by atoms with Crippen LogP contribution in [0.3, 0.4) is 0 Å². The summed E-state index contributed by atoms with van der Waals surface area (Å²) in [5, 5.41) is 0. The van der Waals surface area contributed by atoms with E-state index in [2.05, 4.69) is 91.0 Å². The quantitative estimate of drug-likeness (QED) is 0.274. The van der Waals surface area contributed by atoms with Gasteiger partial charge in [0.1, 0.15) is 0 Å². The van der Waals surface area contributed by atoms with Crippen molar-refractivity contribution < 1.29 is 0 Å². The fraction of sp³-hybridized carbons (Fsp3) is 0.400. The standard InChI is InChI=1S/C30H39N/c31-23-15-4-2-1-3-14-22-30(24-27-16-8-5-9-17-27,25-28-18-10-6-11-19-28)26-29-20-12-7-13-21-29/h5-13,16-21H,1-4,14-15,22-26,31H2. The molecule has 0 aliphatic rings. The summed E-state index contributed by atoms with van der Waals surface area (Å²) in [4.78, 5) is 0. The van der Waals surface area contributed by atoms with Crippen LogP contribution in [-0.4, -0.2) is 6.54 Å². The van der Waals surface area contributed by atoms with Crippen LogP contribution in [0.1, 0.15) is 61.6 Å². The smallest absolute Gasteiger partial charge is 0.00773 e. The average molecular weight is 414 g/mol. The zero-order chi connectivity index (χ0) is 21.6. The van der Waals surface area contributed by atoms with Gasteiger partial charge in [-0.15, -0.1) is 0 Å². The van der Waals surface area contributed by atoms with Crippen LogP contribution in [0, 0.1) is 5.41 Å². The molecule has 0 spiro atoms. The van der Waals surface area contributed by atoms with Crippen molar-refractivity contribution in [1.29, 1.82) is 0 Å². The molecule has 31 heavy (non-hydrogen) atoms. The van der Waals surface area contributed by atoms with Crippen molar-refractivity contribution in [2.24, 2.45) is 11.1 Å². The maximum atomic E-state index is 5.65. The van der Waals surface area contributed by atoms with E-state index in [-0.39, 0.29) is 5.41 Å². The van der Waals surface area contributed by atoms with E-state index in [0.717, 1.165) is 25.8 Å². The van der Waals surface area contributed by atoms with E-state index < -0.39 is 0 Å². The Labute approximate surface area is 189 Å². The van der Waals surface area contributed by atoms with Crippen molar-refractivity contribution in [3.05, 3.63) is 108 Å². The topological polar surface area (TPSA) is 26.0 Å². The second kappa shape index (κ2) is 13.1. The minimum atomic E-state index is 0.237. The third-order valence-electron chi connectivity index (χ3n) is 6.43. The van der Waals surface area contributed by atoms with Gasteiger partial charge in [0, 0.05) is 0 Å². The van der Waals surface area contributed by atoms with Crippen molar-refractivity contribution in [3.8, 4) is 0 Å². The first-order chi connectivity index (χ1) is 15.3. The molecule has 0 aliphatic heterocycles. The second-order valence-corrected chi connectivity index (χ2v) is 9.15. The molecule has 0 bridgehead atoms. The van der Waals surface area contributed by atoms with E-state index in [1.165, 1.54) is 61.6 Å². The molecular formula is C30H39N. The van der Waals surface area contributed by atoms with Gasteiger partial charge in [-0.2, -0.15) is 0 Å². The molecule has 3 aromatic carbocycles. The summed E-state index contributed by atoms with van der Waals surface area (Å²) in [6.45, 7) is 0.828. The number of hydrogen-bond donors (Lipinski definition) is 1. The summed E-state index contributed by atoms with van der Waals surface area (Å²) in [5.74, 6) is 0. The molecule has 0 amide bonds. The number of nitrogens with two attached hydrogens (primary N) is 1. The van der Waals surface area contributed by atoms with Crippen LogP contribution >= 0.6 is 0 Å². The highest BCUT2D eigenvalue weighted by Gasteiger charge is 2.30. The Hall–Kier alpha value is -2.38. The number of unbranched alkanes of at least 4 members (excludes halogenated alkanes) is 5. The molecule has 0 heterocycles. The Kier molecular flexibility index (Phi) is 9.86. The molecule has 0 aromatic heterocycles. The van der Waals surface area contributed by atoms with Crippen LogP contribution in [-0.2, 0) is 19.3 Å². The Balaban J connectivity index is 1.78. The first-order valence-electron chi connectivity index (χ1n) is 12.1. The van der Waals surface area contributed by atoms with Gasteiger partial charge in [0.15, 0.2) is 0 Å². The van der Waals surface area contributed by atoms with E-state index in [1.807, 2.05) is 0 Å². The fourth-order valence-corrected chi connectivity index (χ4v) is 4.89. The molecule has 0 unspecified atom stereocenters. The maximum absolute atomic E-state index is 5.65. The number of benzene rings is 3. The predicted molar refractivity (Wildman–Crippen MR) is 134 cm³/mol.